The fourth-order valence-corrected chi connectivity index (χ4v) is 1.94. The Morgan fingerprint density at radius 3 is 3.08 bits per heavy atom. The van der Waals surface area contributed by atoms with Crippen LogP contribution in [0.2, 0.25) is 0 Å². The van der Waals surface area contributed by atoms with Crippen molar-refractivity contribution in [2.24, 2.45) is 0 Å². The molecule has 0 heterocycles. The highest BCUT2D eigenvalue weighted by Gasteiger charge is 2.25. The maximum absolute atomic E-state index is 5.19. The first-order chi connectivity index (χ1) is 6.35. The molecule has 1 aliphatic carbocycles. The van der Waals surface area contributed by atoms with Gasteiger partial charge in [0.25, 0.3) is 0 Å². The van der Waals surface area contributed by atoms with Gasteiger partial charge in [-0.1, -0.05) is 6.07 Å². The van der Waals surface area contributed by atoms with Crippen molar-refractivity contribution < 1.29 is 4.74 Å². The number of methoxy groups -OCH3 is 1. The van der Waals surface area contributed by atoms with Gasteiger partial charge >= 0.3 is 0 Å². The number of benzene rings is 1. The molecule has 1 aromatic carbocycles. The van der Waals surface area contributed by atoms with Crippen molar-refractivity contribution in [2.75, 3.05) is 20.7 Å². The molecule has 0 aliphatic heterocycles. The molecule has 0 spiro atoms. The number of likely N-dealkylation sites (N-methyl/N-ethyl adjacent to an activating group) is 1. The van der Waals surface area contributed by atoms with Gasteiger partial charge in [0.1, 0.15) is 5.75 Å². The highest BCUT2D eigenvalue weighted by Crippen LogP contribution is 2.36. The molecule has 1 atom stereocenters. The van der Waals surface area contributed by atoms with Gasteiger partial charge < -0.3 is 10.1 Å². The van der Waals surface area contributed by atoms with E-state index in [0.29, 0.717) is 5.92 Å². The Kier molecular flexibility index (Phi) is 2.23. The van der Waals surface area contributed by atoms with Crippen molar-refractivity contribution in [2.45, 2.75) is 12.3 Å². The Labute approximate surface area is 78.9 Å². The molecule has 2 nitrogen and oxygen atoms in total. The molecule has 0 radical (unpaired) electrons. The molecule has 0 saturated carbocycles. The third kappa shape index (κ3) is 1.42. The van der Waals surface area contributed by atoms with Gasteiger partial charge in [-0.25, -0.2) is 0 Å². The second kappa shape index (κ2) is 3.38. The second-order valence-corrected chi connectivity index (χ2v) is 3.52. The molecule has 0 amide bonds. The predicted molar refractivity (Wildman–Crippen MR) is 53.4 cm³/mol. The highest BCUT2D eigenvalue weighted by molar-refractivity contribution is 5.45. The average molecular weight is 177 g/mol. The summed E-state index contributed by atoms with van der Waals surface area (Å²) in [5, 5.41) is 3.21. The van der Waals surface area contributed by atoms with E-state index in [1.54, 1.807) is 7.11 Å². The summed E-state index contributed by atoms with van der Waals surface area (Å²) in [6.07, 6.45) is 1.21. The molecule has 0 fully saturated rings. The normalized spacial score (nSPS) is 19.1. The van der Waals surface area contributed by atoms with Gasteiger partial charge in [0.2, 0.25) is 0 Å². The number of rotatable bonds is 3. The third-order valence-electron chi connectivity index (χ3n) is 2.71. The fraction of sp³-hybridized carbons (Fsp3) is 0.455. The quantitative estimate of drug-likeness (QED) is 0.756. The van der Waals surface area contributed by atoms with Crippen LogP contribution in [0.25, 0.3) is 0 Å². The van der Waals surface area contributed by atoms with Gasteiger partial charge in [-0.15, -0.1) is 0 Å². The molecular weight excluding hydrogens is 162 g/mol. The van der Waals surface area contributed by atoms with E-state index in [9.17, 15) is 0 Å². The molecule has 0 bridgehead atoms. The van der Waals surface area contributed by atoms with Crippen LogP contribution in [-0.4, -0.2) is 20.7 Å². The summed E-state index contributed by atoms with van der Waals surface area (Å²) < 4.78 is 5.19. The van der Waals surface area contributed by atoms with E-state index in [1.807, 2.05) is 13.1 Å². The van der Waals surface area contributed by atoms with E-state index < -0.39 is 0 Å². The molecule has 2 rings (SSSR count). The minimum Gasteiger partial charge on any atom is -0.497 e. The minimum atomic E-state index is 0.690. The van der Waals surface area contributed by atoms with Crippen molar-refractivity contribution in [3.63, 3.8) is 0 Å². The minimum absolute atomic E-state index is 0.690. The van der Waals surface area contributed by atoms with Crippen LogP contribution in [0.15, 0.2) is 18.2 Å². The number of nitrogens with one attached hydrogen (secondary N) is 1. The van der Waals surface area contributed by atoms with E-state index in [-0.39, 0.29) is 0 Å². The molecule has 2 heteroatoms. The van der Waals surface area contributed by atoms with Crippen LogP contribution in [0.4, 0.5) is 0 Å². The first-order valence-corrected chi connectivity index (χ1v) is 4.66. The molecule has 70 valence electrons. The van der Waals surface area contributed by atoms with Crippen molar-refractivity contribution in [3.05, 3.63) is 29.3 Å². The van der Waals surface area contributed by atoms with Gasteiger partial charge in [-0.3, -0.25) is 0 Å². The van der Waals surface area contributed by atoms with Gasteiger partial charge in [-0.05, 0) is 36.7 Å². The molecule has 1 aromatic rings. The zero-order valence-corrected chi connectivity index (χ0v) is 8.13. The van der Waals surface area contributed by atoms with Crippen LogP contribution in [0.1, 0.15) is 17.0 Å². The SMILES string of the molecule is CNCC1Cc2ccc(OC)cc21. The Hall–Kier alpha value is -1.02. The number of fused-ring (bicyclic) bond motifs is 1. The molecular formula is C11H15NO. The molecule has 1 unspecified atom stereocenters. The lowest BCUT2D eigenvalue weighted by Gasteiger charge is -2.30. The summed E-state index contributed by atoms with van der Waals surface area (Å²) in [7, 11) is 3.71. The largest absolute Gasteiger partial charge is 0.497 e. The van der Waals surface area contributed by atoms with Crippen molar-refractivity contribution in [3.8, 4) is 5.75 Å². The van der Waals surface area contributed by atoms with E-state index >= 15 is 0 Å². The van der Waals surface area contributed by atoms with Crippen molar-refractivity contribution in [1.82, 2.24) is 5.32 Å². The zero-order chi connectivity index (χ0) is 9.26. The summed E-state index contributed by atoms with van der Waals surface area (Å²) in [6, 6.07) is 6.36. The maximum Gasteiger partial charge on any atom is 0.119 e. The van der Waals surface area contributed by atoms with Crippen LogP contribution in [-0.2, 0) is 6.42 Å². The standard InChI is InChI=1S/C11H15NO/c1-12-7-9-5-8-3-4-10(13-2)6-11(8)9/h3-4,6,9,12H,5,7H2,1-2H3. The lowest BCUT2D eigenvalue weighted by atomic mass is 9.77. The molecule has 0 saturated heterocycles. The van der Waals surface area contributed by atoms with Crippen LogP contribution in [0.5, 0.6) is 5.75 Å². The summed E-state index contributed by atoms with van der Waals surface area (Å²) >= 11 is 0. The van der Waals surface area contributed by atoms with Gasteiger partial charge in [-0.2, -0.15) is 0 Å². The Balaban J connectivity index is 2.19. The highest BCUT2D eigenvalue weighted by atomic mass is 16.5. The maximum atomic E-state index is 5.19. The summed E-state index contributed by atoms with van der Waals surface area (Å²) in [4.78, 5) is 0. The van der Waals surface area contributed by atoms with Crippen molar-refractivity contribution in [1.29, 1.82) is 0 Å². The third-order valence-corrected chi connectivity index (χ3v) is 2.71. The zero-order valence-electron chi connectivity index (χ0n) is 8.13. The lowest BCUT2D eigenvalue weighted by molar-refractivity contribution is 0.411. The topological polar surface area (TPSA) is 21.3 Å². The van der Waals surface area contributed by atoms with Crippen LogP contribution in [0.3, 0.4) is 0 Å². The lowest BCUT2D eigenvalue weighted by Crippen LogP contribution is -2.26. The van der Waals surface area contributed by atoms with Crippen LogP contribution in [0, 0.1) is 0 Å². The summed E-state index contributed by atoms with van der Waals surface area (Å²) in [5.74, 6) is 1.66. The monoisotopic (exact) mass is 177 g/mol. The van der Waals surface area contributed by atoms with Crippen molar-refractivity contribution >= 4 is 0 Å². The van der Waals surface area contributed by atoms with Gasteiger partial charge in [0, 0.05) is 12.5 Å². The number of hydrogen-bond acceptors (Lipinski definition) is 2. The first kappa shape index (κ1) is 8.57. The van der Waals surface area contributed by atoms with Gasteiger partial charge in [0.15, 0.2) is 0 Å². The Morgan fingerprint density at radius 2 is 2.38 bits per heavy atom. The smallest absolute Gasteiger partial charge is 0.119 e. The summed E-state index contributed by atoms with van der Waals surface area (Å²) in [5.41, 5.74) is 2.93. The van der Waals surface area contributed by atoms with E-state index in [0.717, 1.165) is 12.3 Å². The van der Waals surface area contributed by atoms with Crippen LogP contribution >= 0.6 is 0 Å². The van der Waals surface area contributed by atoms with E-state index in [2.05, 4.69) is 17.4 Å². The Bertz CT molecular complexity index is 309. The molecule has 1 N–H and O–H groups in total. The van der Waals surface area contributed by atoms with Gasteiger partial charge in [0.05, 0.1) is 7.11 Å². The second-order valence-electron chi connectivity index (χ2n) is 3.52. The fourth-order valence-electron chi connectivity index (χ4n) is 1.94. The average Bonchev–Trinajstić information content (AvgIpc) is 2.14. The predicted octanol–water partition coefficient (Wildman–Crippen LogP) is 1.55. The van der Waals surface area contributed by atoms with E-state index in [4.69, 9.17) is 4.74 Å². The first-order valence-electron chi connectivity index (χ1n) is 4.66. The molecule has 0 aromatic heterocycles. The number of hydrogen-bond donors (Lipinski definition) is 1. The molecule has 1 aliphatic rings. The number of ether oxygens (including phenoxy) is 1. The van der Waals surface area contributed by atoms with Crippen LogP contribution < -0.4 is 10.1 Å². The Morgan fingerprint density at radius 1 is 1.54 bits per heavy atom. The van der Waals surface area contributed by atoms with E-state index in [1.165, 1.54) is 17.5 Å². The summed E-state index contributed by atoms with van der Waals surface area (Å²) in [6.45, 7) is 1.07. The molecule has 13 heavy (non-hydrogen) atoms.